The van der Waals surface area contributed by atoms with Gasteiger partial charge in [-0.15, -0.1) is 0 Å². The van der Waals surface area contributed by atoms with Crippen molar-refractivity contribution < 1.29 is 19.0 Å². The number of rotatable bonds is 4. The monoisotopic (exact) mass is 365 g/mol. The molecule has 2 heterocycles. The Bertz CT molecular complexity index is 979. The molecule has 7 heteroatoms. The van der Waals surface area contributed by atoms with Crippen LogP contribution in [0.15, 0.2) is 48.5 Å². The van der Waals surface area contributed by atoms with Crippen LogP contribution in [0.25, 0.3) is 11.3 Å². The van der Waals surface area contributed by atoms with Gasteiger partial charge >= 0.3 is 0 Å². The number of benzene rings is 2. The zero-order valence-electron chi connectivity index (χ0n) is 15.1. The fourth-order valence-corrected chi connectivity index (χ4v) is 2.93. The van der Waals surface area contributed by atoms with Crippen molar-refractivity contribution in [2.45, 2.75) is 0 Å². The maximum Gasteiger partial charge on any atom is 0.276 e. The Labute approximate surface area is 156 Å². The fourth-order valence-electron chi connectivity index (χ4n) is 2.93. The summed E-state index contributed by atoms with van der Waals surface area (Å²) in [4.78, 5) is 12.6. The summed E-state index contributed by atoms with van der Waals surface area (Å²) in [7, 11) is 3.43. The van der Waals surface area contributed by atoms with Crippen LogP contribution in [0.3, 0.4) is 0 Å². The van der Waals surface area contributed by atoms with Gasteiger partial charge in [-0.25, -0.2) is 0 Å². The number of ether oxygens (including phenoxy) is 3. The van der Waals surface area contributed by atoms with Gasteiger partial charge in [-0.3, -0.25) is 9.48 Å². The number of fused-ring (bicyclic) bond motifs is 1. The molecule has 0 spiro atoms. The number of nitrogens with one attached hydrogen (secondary N) is 1. The molecular formula is C20H19N3O4. The highest BCUT2D eigenvalue weighted by Crippen LogP contribution is 2.32. The molecule has 1 amide bonds. The minimum absolute atomic E-state index is 0.290. The zero-order chi connectivity index (χ0) is 18.8. The minimum atomic E-state index is -0.290. The molecule has 1 aliphatic rings. The van der Waals surface area contributed by atoms with E-state index in [0.717, 1.165) is 17.0 Å². The topological polar surface area (TPSA) is 74.6 Å². The van der Waals surface area contributed by atoms with Crippen LogP contribution in [-0.2, 0) is 7.05 Å². The number of aromatic nitrogens is 2. The van der Waals surface area contributed by atoms with Crippen LogP contribution in [0.1, 0.15) is 10.5 Å². The van der Waals surface area contributed by atoms with E-state index < -0.39 is 0 Å². The summed E-state index contributed by atoms with van der Waals surface area (Å²) in [5.74, 6) is 1.79. The Balaban J connectivity index is 1.54. The van der Waals surface area contributed by atoms with Gasteiger partial charge in [0.1, 0.15) is 19.0 Å². The van der Waals surface area contributed by atoms with Crippen molar-refractivity contribution in [3.8, 4) is 28.5 Å². The van der Waals surface area contributed by atoms with E-state index >= 15 is 0 Å². The van der Waals surface area contributed by atoms with Crippen molar-refractivity contribution in [3.05, 3.63) is 54.2 Å². The normalized spacial score (nSPS) is 12.5. The van der Waals surface area contributed by atoms with Gasteiger partial charge in [0.2, 0.25) is 0 Å². The van der Waals surface area contributed by atoms with Crippen molar-refractivity contribution in [2.24, 2.45) is 7.05 Å². The van der Waals surface area contributed by atoms with Crippen LogP contribution >= 0.6 is 0 Å². The third kappa shape index (κ3) is 3.44. The number of hydrogen-bond acceptors (Lipinski definition) is 5. The lowest BCUT2D eigenvalue weighted by Gasteiger charge is -2.18. The second-order valence-corrected chi connectivity index (χ2v) is 6.08. The van der Waals surface area contributed by atoms with Crippen LogP contribution in [-0.4, -0.2) is 36.0 Å². The molecule has 0 saturated heterocycles. The molecular weight excluding hydrogens is 346 g/mol. The smallest absolute Gasteiger partial charge is 0.276 e. The number of methoxy groups -OCH3 is 1. The van der Waals surface area contributed by atoms with E-state index in [1.165, 1.54) is 0 Å². The van der Waals surface area contributed by atoms with E-state index in [1.807, 2.05) is 24.3 Å². The summed E-state index contributed by atoms with van der Waals surface area (Å²) in [6.07, 6.45) is 0. The zero-order valence-corrected chi connectivity index (χ0v) is 15.1. The Kier molecular flexibility index (Phi) is 4.42. The highest BCUT2D eigenvalue weighted by molar-refractivity contribution is 6.03. The Hall–Kier alpha value is -3.48. The van der Waals surface area contributed by atoms with Gasteiger partial charge in [-0.1, -0.05) is 0 Å². The summed E-state index contributed by atoms with van der Waals surface area (Å²) in [6.45, 7) is 1.02. The maximum absolute atomic E-state index is 12.6. The van der Waals surface area contributed by atoms with Crippen LogP contribution in [0.2, 0.25) is 0 Å². The summed E-state index contributed by atoms with van der Waals surface area (Å²) in [5.41, 5.74) is 2.74. The first-order valence-electron chi connectivity index (χ1n) is 8.53. The van der Waals surface area contributed by atoms with Gasteiger partial charge in [0.05, 0.1) is 12.8 Å². The van der Waals surface area contributed by atoms with E-state index in [1.54, 1.807) is 43.1 Å². The largest absolute Gasteiger partial charge is 0.497 e. The number of nitrogens with zero attached hydrogens (tertiary/aromatic N) is 2. The molecule has 27 heavy (non-hydrogen) atoms. The quantitative estimate of drug-likeness (QED) is 0.769. The molecule has 3 aromatic rings. The van der Waals surface area contributed by atoms with Gasteiger partial charge in [-0.05, 0) is 42.5 Å². The number of carbonyl (C=O) groups is 1. The van der Waals surface area contributed by atoms with Crippen LogP contribution in [0.5, 0.6) is 17.2 Å². The molecule has 0 saturated carbocycles. The summed E-state index contributed by atoms with van der Waals surface area (Å²) in [6, 6.07) is 14.7. The molecule has 1 aliphatic heterocycles. The van der Waals surface area contributed by atoms with E-state index in [-0.39, 0.29) is 5.91 Å². The Morgan fingerprint density at radius 3 is 2.56 bits per heavy atom. The number of amides is 1. The maximum atomic E-state index is 12.6. The highest BCUT2D eigenvalue weighted by Gasteiger charge is 2.16. The number of hydrogen-bond donors (Lipinski definition) is 1. The lowest BCUT2D eigenvalue weighted by molar-refractivity contribution is 0.102. The molecule has 1 N–H and O–H groups in total. The van der Waals surface area contributed by atoms with Gasteiger partial charge in [0, 0.05) is 24.4 Å². The summed E-state index contributed by atoms with van der Waals surface area (Å²) in [5, 5.41) is 7.18. The van der Waals surface area contributed by atoms with Crippen LogP contribution in [0.4, 0.5) is 5.69 Å². The lowest BCUT2D eigenvalue weighted by atomic mass is 10.1. The van der Waals surface area contributed by atoms with Crippen molar-refractivity contribution in [1.82, 2.24) is 9.78 Å². The molecule has 2 aromatic carbocycles. The molecule has 0 radical (unpaired) electrons. The molecule has 1 aromatic heterocycles. The minimum Gasteiger partial charge on any atom is -0.497 e. The average molecular weight is 365 g/mol. The number of anilines is 1. The average Bonchev–Trinajstić information content (AvgIpc) is 3.10. The van der Waals surface area contributed by atoms with E-state index in [4.69, 9.17) is 14.2 Å². The first kappa shape index (κ1) is 17.0. The number of aryl methyl sites for hydroxylation is 1. The van der Waals surface area contributed by atoms with Crippen molar-refractivity contribution in [1.29, 1.82) is 0 Å². The number of carbonyl (C=O) groups excluding carboxylic acids is 1. The van der Waals surface area contributed by atoms with Gasteiger partial charge in [0.15, 0.2) is 17.2 Å². The molecule has 0 bridgehead atoms. The molecule has 138 valence electrons. The third-order valence-electron chi connectivity index (χ3n) is 4.30. The lowest BCUT2D eigenvalue weighted by Crippen LogP contribution is -2.16. The first-order chi connectivity index (χ1) is 13.1. The van der Waals surface area contributed by atoms with E-state index in [0.29, 0.717) is 36.1 Å². The van der Waals surface area contributed by atoms with Crippen LogP contribution < -0.4 is 19.5 Å². The standard InChI is InChI=1S/C20H19N3O4/c1-23-17(13-3-6-15(25-2)7-4-13)12-16(22-23)20(24)21-14-5-8-18-19(11-14)27-10-9-26-18/h3-8,11-12H,9-10H2,1-2H3,(H,21,24). The van der Waals surface area contributed by atoms with Crippen molar-refractivity contribution in [2.75, 3.05) is 25.6 Å². The molecule has 4 rings (SSSR count). The SMILES string of the molecule is COc1ccc(-c2cc(C(=O)Nc3ccc4c(c3)OCCO4)nn2C)cc1. The highest BCUT2D eigenvalue weighted by atomic mass is 16.6. The van der Waals surface area contributed by atoms with E-state index in [9.17, 15) is 4.79 Å². The fraction of sp³-hybridized carbons (Fsp3) is 0.200. The van der Waals surface area contributed by atoms with Crippen molar-refractivity contribution in [3.63, 3.8) is 0 Å². The summed E-state index contributed by atoms with van der Waals surface area (Å²) < 4.78 is 17.9. The van der Waals surface area contributed by atoms with Crippen LogP contribution in [0, 0.1) is 0 Å². The van der Waals surface area contributed by atoms with Crippen molar-refractivity contribution >= 4 is 11.6 Å². The molecule has 7 nitrogen and oxygen atoms in total. The predicted molar refractivity (Wildman–Crippen MR) is 101 cm³/mol. The first-order valence-corrected chi connectivity index (χ1v) is 8.53. The van der Waals surface area contributed by atoms with E-state index in [2.05, 4.69) is 10.4 Å². The molecule has 0 atom stereocenters. The Morgan fingerprint density at radius 2 is 1.81 bits per heavy atom. The van der Waals surface area contributed by atoms with Gasteiger partial charge < -0.3 is 19.5 Å². The molecule has 0 fully saturated rings. The molecule has 0 aliphatic carbocycles. The summed E-state index contributed by atoms with van der Waals surface area (Å²) >= 11 is 0. The van der Waals surface area contributed by atoms with Gasteiger partial charge in [-0.2, -0.15) is 5.10 Å². The second kappa shape index (κ2) is 7.03. The Morgan fingerprint density at radius 1 is 1.07 bits per heavy atom. The second-order valence-electron chi connectivity index (χ2n) is 6.08. The molecule has 0 unspecified atom stereocenters. The third-order valence-corrected chi connectivity index (χ3v) is 4.30. The predicted octanol–water partition coefficient (Wildman–Crippen LogP) is 3.12. The van der Waals surface area contributed by atoms with Gasteiger partial charge in [0.25, 0.3) is 5.91 Å².